The van der Waals surface area contributed by atoms with E-state index in [1.165, 1.54) is 24.2 Å². The zero-order valence-corrected chi connectivity index (χ0v) is 14.2. The Hall–Kier alpha value is -2.44. The van der Waals surface area contributed by atoms with Gasteiger partial charge in [-0.2, -0.15) is 13.9 Å². The molecule has 0 bridgehead atoms. The first kappa shape index (κ1) is 17.4. The van der Waals surface area contributed by atoms with Gasteiger partial charge in [0, 0.05) is 31.0 Å². The maximum Gasteiger partial charge on any atom is 0.333 e. The molecule has 3 rings (SSSR count). The van der Waals surface area contributed by atoms with Gasteiger partial charge in [0.1, 0.15) is 0 Å². The number of amides is 1. The molecule has 2 aromatic rings. The highest BCUT2D eigenvalue weighted by Crippen LogP contribution is 2.26. The summed E-state index contributed by atoms with van der Waals surface area (Å²) in [6.07, 6.45) is 3.03. The van der Waals surface area contributed by atoms with E-state index in [1.54, 1.807) is 0 Å². The molecule has 0 saturated heterocycles. The number of nitrogens with one attached hydrogen (secondary N) is 1. The average molecular weight is 348 g/mol. The minimum absolute atomic E-state index is 0.0288. The molecule has 0 fully saturated rings. The molecule has 0 spiro atoms. The topological polar surface area (TPSA) is 50.2 Å². The number of fused-ring (bicyclic) bond motifs is 1. The van der Waals surface area contributed by atoms with Crippen LogP contribution in [0.15, 0.2) is 30.3 Å². The summed E-state index contributed by atoms with van der Waals surface area (Å²) in [5.74, 6) is -0.415. The molecule has 1 aliphatic heterocycles. The summed E-state index contributed by atoms with van der Waals surface area (Å²) < 4.78 is 26.0. The third kappa shape index (κ3) is 3.97. The predicted molar refractivity (Wildman–Crippen MR) is 92.1 cm³/mol. The van der Waals surface area contributed by atoms with Crippen molar-refractivity contribution in [1.82, 2.24) is 15.1 Å². The van der Waals surface area contributed by atoms with E-state index in [2.05, 4.69) is 33.5 Å². The predicted octanol–water partition coefficient (Wildman–Crippen LogP) is 3.16. The van der Waals surface area contributed by atoms with Crippen LogP contribution in [0.5, 0.6) is 0 Å². The van der Waals surface area contributed by atoms with E-state index in [1.807, 2.05) is 6.07 Å². The van der Waals surface area contributed by atoms with Gasteiger partial charge in [0.15, 0.2) is 5.69 Å². The summed E-state index contributed by atoms with van der Waals surface area (Å²) in [4.78, 5) is 14.4. The van der Waals surface area contributed by atoms with Crippen molar-refractivity contribution in [1.29, 1.82) is 0 Å². The maximum atomic E-state index is 12.7. The first-order valence-electron chi connectivity index (χ1n) is 8.51. The molecular weight excluding hydrogens is 326 g/mol. The van der Waals surface area contributed by atoms with Gasteiger partial charge in [-0.3, -0.25) is 4.79 Å². The van der Waals surface area contributed by atoms with Gasteiger partial charge in [-0.25, -0.2) is 4.68 Å². The monoisotopic (exact) mass is 348 g/mol. The number of aryl methyl sites for hydroxylation is 2. The van der Waals surface area contributed by atoms with E-state index in [9.17, 15) is 13.6 Å². The molecule has 1 N–H and O–H groups in total. The number of hydrogen-bond donors (Lipinski definition) is 1. The molecule has 1 aromatic carbocycles. The second-order valence-corrected chi connectivity index (χ2v) is 6.22. The van der Waals surface area contributed by atoms with Crippen LogP contribution >= 0.6 is 0 Å². The SMILES string of the molecule is Cc1cc(C(=O)NCCCN2CCCc3ccccc32)nn1C(F)F. The Kier molecular flexibility index (Phi) is 5.31. The van der Waals surface area contributed by atoms with Gasteiger partial charge in [-0.05, 0) is 43.9 Å². The number of alkyl halides is 2. The van der Waals surface area contributed by atoms with Gasteiger partial charge in [-0.15, -0.1) is 0 Å². The summed E-state index contributed by atoms with van der Waals surface area (Å²) in [6.45, 7) is 1.12. The number of aromatic nitrogens is 2. The summed E-state index contributed by atoms with van der Waals surface area (Å²) in [7, 11) is 0. The molecule has 0 atom stereocenters. The Balaban J connectivity index is 1.49. The zero-order valence-electron chi connectivity index (χ0n) is 14.2. The van der Waals surface area contributed by atoms with Crippen molar-refractivity contribution in [2.75, 3.05) is 24.5 Å². The van der Waals surface area contributed by atoms with Gasteiger partial charge in [0.25, 0.3) is 5.91 Å². The third-order valence-electron chi connectivity index (χ3n) is 4.44. The number of rotatable bonds is 6. The second kappa shape index (κ2) is 7.63. The Labute approximate surface area is 145 Å². The van der Waals surface area contributed by atoms with Crippen molar-refractivity contribution in [3.05, 3.63) is 47.3 Å². The van der Waals surface area contributed by atoms with E-state index in [4.69, 9.17) is 0 Å². The van der Waals surface area contributed by atoms with Crippen LogP contribution in [-0.4, -0.2) is 35.3 Å². The van der Waals surface area contributed by atoms with Gasteiger partial charge >= 0.3 is 6.55 Å². The standard InChI is InChI=1S/C18H22F2N4O/c1-13-12-15(22-24(13)18(19)20)17(25)21-9-5-11-23-10-4-7-14-6-2-3-8-16(14)23/h2-3,6,8,12,18H,4-5,7,9-11H2,1H3,(H,21,25). The minimum atomic E-state index is -2.74. The van der Waals surface area contributed by atoms with Crippen LogP contribution in [0.4, 0.5) is 14.5 Å². The Morgan fingerprint density at radius 3 is 2.92 bits per heavy atom. The molecular formula is C18H22F2N4O. The van der Waals surface area contributed by atoms with Gasteiger partial charge in [0.2, 0.25) is 0 Å². The Morgan fingerprint density at radius 1 is 1.36 bits per heavy atom. The van der Waals surface area contributed by atoms with Crippen molar-refractivity contribution in [3.8, 4) is 0 Å². The largest absolute Gasteiger partial charge is 0.371 e. The van der Waals surface area contributed by atoms with Crippen molar-refractivity contribution >= 4 is 11.6 Å². The molecule has 5 nitrogen and oxygen atoms in total. The quantitative estimate of drug-likeness (QED) is 0.816. The smallest absolute Gasteiger partial charge is 0.333 e. The van der Waals surface area contributed by atoms with E-state index < -0.39 is 12.5 Å². The molecule has 0 aliphatic carbocycles. The van der Waals surface area contributed by atoms with E-state index in [-0.39, 0.29) is 11.4 Å². The van der Waals surface area contributed by atoms with Gasteiger partial charge in [0.05, 0.1) is 0 Å². The van der Waals surface area contributed by atoms with Crippen molar-refractivity contribution < 1.29 is 13.6 Å². The lowest BCUT2D eigenvalue weighted by Crippen LogP contribution is -2.33. The highest BCUT2D eigenvalue weighted by Gasteiger charge is 2.18. The average Bonchev–Trinajstić information content (AvgIpc) is 3.01. The van der Waals surface area contributed by atoms with Crippen molar-refractivity contribution in [2.24, 2.45) is 0 Å². The number of para-hydroxylation sites is 1. The first-order valence-corrected chi connectivity index (χ1v) is 8.51. The third-order valence-corrected chi connectivity index (χ3v) is 4.44. The van der Waals surface area contributed by atoms with E-state index >= 15 is 0 Å². The summed E-state index contributed by atoms with van der Waals surface area (Å²) in [5.41, 5.74) is 2.93. The van der Waals surface area contributed by atoms with Crippen molar-refractivity contribution in [2.45, 2.75) is 32.7 Å². The fourth-order valence-corrected chi connectivity index (χ4v) is 3.20. The summed E-state index contributed by atoms with van der Waals surface area (Å²) in [5, 5.41) is 6.41. The van der Waals surface area contributed by atoms with Crippen LogP contribution in [0.3, 0.4) is 0 Å². The lowest BCUT2D eigenvalue weighted by atomic mass is 10.0. The number of carbonyl (C=O) groups excluding carboxylic acids is 1. The molecule has 7 heteroatoms. The van der Waals surface area contributed by atoms with Gasteiger partial charge < -0.3 is 10.2 Å². The minimum Gasteiger partial charge on any atom is -0.371 e. The molecule has 0 unspecified atom stereocenters. The number of anilines is 1. The highest BCUT2D eigenvalue weighted by atomic mass is 19.3. The normalized spacial score (nSPS) is 13.8. The second-order valence-electron chi connectivity index (χ2n) is 6.22. The van der Waals surface area contributed by atoms with Crippen molar-refractivity contribution in [3.63, 3.8) is 0 Å². The molecule has 2 heterocycles. The number of halogens is 2. The van der Waals surface area contributed by atoms with E-state index in [0.29, 0.717) is 11.2 Å². The first-order chi connectivity index (χ1) is 12.1. The molecule has 1 aliphatic rings. The lowest BCUT2D eigenvalue weighted by Gasteiger charge is -2.31. The van der Waals surface area contributed by atoms with Gasteiger partial charge in [-0.1, -0.05) is 18.2 Å². The molecule has 0 saturated carbocycles. The molecule has 1 aromatic heterocycles. The Bertz CT molecular complexity index is 744. The summed E-state index contributed by atoms with van der Waals surface area (Å²) in [6, 6.07) is 9.77. The zero-order chi connectivity index (χ0) is 17.8. The highest BCUT2D eigenvalue weighted by molar-refractivity contribution is 5.92. The lowest BCUT2D eigenvalue weighted by molar-refractivity contribution is 0.0538. The molecule has 134 valence electrons. The fourth-order valence-electron chi connectivity index (χ4n) is 3.20. The Morgan fingerprint density at radius 2 is 2.16 bits per heavy atom. The molecule has 25 heavy (non-hydrogen) atoms. The number of carbonyl (C=O) groups is 1. The van der Waals surface area contributed by atoms with Crippen LogP contribution in [0.25, 0.3) is 0 Å². The number of benzene rings is 1. The van der Waals surface area contributed by atoms with Crippen LogP contribution in [0, 0.1) is 6.92 Å². The van der Waals surface area contributed by atoms with E-state index in [0.717, 1.165) is 32.4 Å². The molecule has 1 amide bonds. The number of hydrogen-bond acceptors (Lipinski definition) is 3. The summed E-state index contributed by atoms with van der Waals surface area (Å²) >= 11 is 0. The molecule has 0 radical (unpaired) electrons. The van der Waals surface area contributed by atoms with Crippen LogP contribution < -0.4 is 10.2 Å². The van der Waals surface area contributed by atoms with Crippen LogP contribution in [-0.2, 0) is 6.42 Å². The van der Waals surface area contributed by atoms with Crippen LogP contribution in [0.1, 0.15) is 41.1 Å². The fraction of sp³-hybridized carbons (Fsp3) is 0.444. The maximum absolute atomic E-state index is 12.7. The van der Waals surface area contributed by atoms with Crippen LogP contribution in [0.2, 0.25) is 0 Å². The number of nitrogens with zero attached hydrogens (tertiary/aromatic N) is 3.